The van der Waals surface area contributed by atoms with Crippen LogP contribution in [0.2, 0.25) is 0 Å². The van der Waals surface area contributed by atoms with Crippen molar-refractivity contribution in [2.75, 3.05) is 0 Å². The van der Waals surface area contributed by atoms with Crippen molar-refractivity contribution in [1.82, 2.24) is 20.6 Å². The third-order valence-corrected chi connectivity index (χ3v) is 3.64. The fraction of sp³-hybridized carbons (Fsp3) is 0.467. The summed E-state index contributed by atoms with van der Waals surface area (Å²) in [5.74, 6) is -5.24. The van der Waals surface area contributed by atoms with Gasteiger partial charge in [0, 0.05) is 24.7 Å². The molecule has 0 unspecified atom stereocenters. The Bertz CT molecular complexity index is 720. The number of nitrogens with zero attached hydrogens (tertiary/aromatic N) is 1. The number of hydrogen-bond donors (Lipinski definition) is 7. The second kappa shape index (κ2) is 10.6. The standard InChI is InChI=1S/C15H22N6O7/c16-8(1-2-12(23)24)13(25)20-9(4-11(17)22)14(26)21-10(15(27)28)3-7-5-18-6-19-7/h5-6,8-10H,1-4,16H2,(H2,17,22)(H,18,19)(H,20,25)(H,21,26)(H,23,24)(H,27,28)/t8-,9-,10-/m0/s1. The number of nitrogens with one attached hydrogen (secondary N) is 3. The van der Waals surface area contributed by atoms with Crippen LogP contribution in [0.5, 0.6) is 0 Å². The van der Waals surface area contributed by atoms with Gasteiger partial charge in [-0.05, 0) is 6.42 Å². The minimum atomic E-state index is -1.47. The number of rotatable bonds is 12. The molecule has 0 bridgehead atoms. The monoisotopic (exact) mass is 398 g/mol. The Balaban J connectivity index is 2.79. The number of hydrogen-bond acceptors (Lipinski definition) is 7. The topological polar surface area (TPSA) is 231 Å². The van der Waals surface area contributed by atoms with Gasteiger partial charge in [0.05, 0.1) is 18.8 Å². The molecule has 0 aliphatic rings. The first kappa shape index (κ1) is 22.6. The molecular formula is C15H22N6O7. The van der Waals surface area contributed by atoms with E-state index in [1.807, 2.05) is 0 Å². The number of aromatic nitrogens is 2. The second-order valence-corrected chi connectivity index (χ2v) is 5.95. The molecule has 3 atom stereocenters. The molecule has 0 radical (unpaired) electrons. The van der Waals surface area contributed by atoms with Crippen LogP contribution in [0.15, 0.2) is 12.5 Å². The Morgan fingerprint density at radius 3 is 2.25 bits per heavy atom. The summed E-state index contributed by atoms with van der Waals surface area (Å²) in [6, 6.07) is -4.06. The molecule has 13 heteroatoms. The van der Waals surface area contributed by atoms with Crippen LogP contribution in [-0.2, 0) is 30.4 Å². The Hall–Kier alpha value is -3.48. The van der Waals surface area contributed by atoms with E-state index in [1.54, 1.807) is 0 Å². The fourth-order valence-corrected chi connectivity index (χ4v) is 2.19. The molecular weight excluding hydrogens is 376 g/mol. The van der Waals surface area contributed by atoms with Gasteiger partial charge >= 0.3 is 11.9 Å². The second-order valence-electron chi connectivity index (χ2n) is 5.95. The molecule has 3 amide bonds. The van der Waals surface area contributed by atoms with Crippen LogP contribution in [-0.4, -0.2) is 68.0 Å². The average molecular weight is 398 g/mol. The van der Waals surface area contributed by atoms with Gasteiger partial charge in [-0.25, -0.2) is 9.78 Å². The first-order valence-corrected chi connectivity index (χ1v) is 8.16. The first-order chi connectivity index (χ1) is 13.1. The van der Waals surface area contributed by atoms with Gasteiger partial charge in [0.2, 0.25) is 17.7 Å². The third-order valence-electron chi connectivity index (χ3n) is 3.64. The highest BCUT2D eigenvalue weighted by molar-refractivity contribution is 5.94. The smallest absolute Gasteiger partial charge is 0.326 e. The van der Waals surface area contributed by atoms with Gasteiger partial charge < -0.3 is 37.3 Å². The number of carbonyl (C=O) groups excluding carboxylic acids is 3. The predicted molar refractivity (Wildman–Crippen MR) is 92.4 cm³/mol. The third kappa shape index (κ3) is 7.82. The lowest BCUT2D eigenvalue weighted by atomic mass is 10.1. The summed E-state index contributed by atoms with van der Waals surface area (Å²) in [4.78, 5) is 64.0. The normalized spacial score (nSPS) is 13.8. The van der Waals surface area contributed by atoms with Crippen LogP contribution in [0.4, 0.5) is 0 Å². The van der Waals surface area contributed by atoms with E-state index in [1.165, 1.54) is 12.5 Å². The molecule has 0 aliphatic heterocycles. The number of carbonyl (C=O) groups is 5. The Morgan fingerprint density at radius 2 is 1.75 bits per heavy atom. The van der Waals surface area contributed by atoms with Gasteiger partial charge in [0.1, 0.15) is 12.1 Å². The average Bonchev–Trinajstić information content (AvgIpc) is 3.10. The number of nitrogens with two attached hydrogens (primary N) is 2. The highest BCUT2D eigenvalue weighted by atomic mass is 16.4. The van der Waals surface area contributed by atoms with Crippen LogP contribution < -0.4 is 22.1 Å². The summed E-state index contributed by atoms with van der Waals surface area (Å²) in [5, 5.41) is 22.3. The van der Waals surface area contributed by atoms with Gasteiger partial charge in [-0.2, -0.15) is 0 Å². The van der Waals surface area contributed by atoms with Crippen LogP contribution >= 0.6 is 0 Å². The maximum Gasteiger partial charge on any atom is 0.326 e. The van der Waals surface area contributed by atoms with Crippen molar-refractivity contribution in [3.05, 3.63) is 18.2 Å². The van der Waals surface area contributed by atoms with E-state index in [-0.39, 0.29) is 19.3 Å². The van der Waals surface area contributed by atoms with Crippen molar-refractivity contribution in [1.29, 1.82) is 0 Å². The van der Waals surface area contributed by atoms with Crippen LogP contribution in [0, 0.1) is 0 Å². The van der Waals surface area contributed by atoms with Crippen molar-refractivity contribution >= 4 is 29.7 Å². The van der Waals surface area contributed by atoms with Crippen LogP contribution in [0.1, 0.15) is 25.0 Å². The van der Waals surface area contributed by atoms with Crippen molar-refractivity contribution in [2.24, 2.45) is 11.5 Å². The highest BCUT2D eigenvalue weighted by Crippen LogP contribution is 2.02. The van der Waals surface area contributed by atoms with E-state index < -0.39 is 54.2 Å². The van der Waals surface area contributed by atoms with Crippen LogP contribution in [0.3, 0.4) is 0 Å². The summed E-state index contributed by atoms with van der Waals surface area (Å²) in [6.07, 6.45) is 1.45. The number of carboxylic acids is 2. The number of carboxylic acid groups (broad SMARTS) is 2. The molecule has 9 N–H and O–H groups in total. The summed E-state index contributed by atoms with van der Waals surface area (Å²) < 4.78 is 0. The molecule has 1 heterocycles. The van der Waals surface area contributed by atoms with Crippen molar-refractivity contribution in [3.8, 4) is 0 Å². The lowest BCUT2D eigenvalue weighted by molar-refractivity contribution is -0.142. The zero-order chi connectivity index (χ0) is 21.3. The lowest BCUT2D eigenvalue weighted by Gasteiger charge is -2.22. The van der Waals surface area contributed by atoms with Gasteiger partial charge in [-0.1, -0.05) is 0 Å². The number of imidazole rings is 1. The highest BCUT2D eigenvalue weighted by Gasteiger charge is 2.29. The summed E-state index contributed by atoms with van der Waals surface area (Å²) in [6.45, 7) is 0. The van der Waals surface area contributed by atoms with Gasteiger partial charge in [-0.3, -0.25) is 19.2 Å². The quantitative estimate of drug-likeness (QED) is 0.191. The number of aliphatic carboxylic acids is 2. The summed E-state index contributed by atoms with van der Waals surface area (Å²) >= 11 is 0. The molecule has 1 aromatic heterocycles. The van der Waals surface area contributed by atoms with Crippen molar-refractivity contribution < 1.29 is 34.2 Å². The molecule has 13 nitrogen and oxygen atoms in total. The number of aromatic amines is 1. The van der Waals surface area contributed by atoms with E-state index in [0.29, 0.717) is 5.69 Å². The number of primary amides is 1. The van der Waals surface area contributed by atoms with Crippen molar-refractivity contribution in [3.63, 3.8) is 0 Å². The maximum atomic E-state index is 12.4. The first-order valence-electron chi connectivity index (χ1n) is 8.16. The van der Waals surface area contributed by atoms with E-state index in [0.717, 1.165) is 0 Å². The molecule has 154 valence electrons. The maximum absolute atomic E-state index is 12.4. The SMILES string of the molecule is NC(=O)C[C@H](NC(=O)[C@@H](N)CCC(=O)O)C(=O)N[C@@H](Cc1cnc[nH]1)C(=O)O. The molecule has 0 aromatic carbocycles. The number of H-pyrrole nitrogens is 1. The minimum absolute atomic E-state index is 0.115. The molecule has 0 aliphatic carbocycles. The molecule has 1 rings (SSSR count). The molecule has 0 fully saturated rings. The molecule has 0 saturated carbocycles. The molecule has 0 saturated heterocycles. The minimum Gasteiger partial charge on any atom is -0.481 e. The Labute approximate surface area is 158 Å². The van der Waals surface area contributed by atoms with E-state index in [9.17, 15) is 29.1 Å². The predicted octanol–water partition coefficient (Wildman–Crippen LogP) is -2.93. The zero-order valence-electron chi connectivity index (χ0n) is 14.8. The van der Waals surface area contributed by atoms with Gasteiger partial charge in [0.25, 0.3) is 0 Å². The summed E-state index contributed by atoms with van der Waals surface area (Å²) in [5.41, 5.74) is 11.1. The Kier molecular flexibility index (Phi) is 8.55. The lowest BCUT2D eigenvalue weighted by Crippen LogP contribution is -2.55. The largest absolute Gasteiger partial charge is 0.481 e. The Morgan fingerprint density at radius 1 is 1.11 bits per heavy atom. The van der Waals surface area contributed by atoms with Gasteiger partial charge in [0.15, 0.2) is 0 Å². The van der Waals surface area contributed by atoms with Gasteiger partial charge in [-0.15, -0.1) is 0 Å². The summed E-state index contributed by atoms with van der Waals surface area (Å²) in [7, 11) is 0. The zero-order valence-corrected chi connectivity index (χ0v) is 14.8. The van der Waals surface area contributed by atoms with Crippen molar-refractivity contribution in [2.45, 2.75) is 43.8 Å². The van der Waals surface area contributed by atoms with Crippen LogP contribution in [0.25, 0.3) is 0 Å². The number of amides is 3. The molecule has 1 aromatic rings. The fourth-order valence-electron chi connectivity index (χ4n) is 2.19. The van der Waals surface area contributed by atoms with E-state index >= 15 is 0 Å². The van der Waals surface area contributed by atoms with E-state index in [2.05, 4.69) is 20.6 Å². The molecule has 0 spiro atoms. The van der Waals surface area contributed by atoms with E-state index in [4.69, 9.17) is 16.6 Å². The molecule has 28 heavy (non-hydrogen) atoms.